The van der Waals surface area contributed by atoms with Crippen molar-refractivity contribution in [3.63, 3.8) is 0 Å². The molecule has 0 aliphatic carbocycles. The largest absolute Gasteiger partial charge is 0.376 e. The second-order valence-corrected chi connectivity index (χ2v) is 4.04. The van der Waals surface area contributed by atoms with Crippen molar-refractivity contribution in [2.75, 3.05) is 20.4 Å². The Bertz CT molecular complexity index is 188. The van der Waals surface area contributed by atoms with Crippen molar-refractivity contribution in [2.45, 2.75) is 25.2 Å². The summed E-state index contributed by atoms with van der Waals surface area (Å²) in [6, 6.07) is 0. The molecule has 5 atom stereocenters. The SMILES string of the molecule is COC1C(C=O)OCC(C)C1OPC. The van der Waals surface area contributed by atoms with Gasteiger partial charge in [0.2, 0.25) is 0 Å². The minimum atomic E-state index is -0.488. The van der Waals surface area contributed by atoms with E-state index in [0.29, 0.717) is 15.4 Å². The van der Waals surface area contributed by atoms with Crippen LogP contribution in [-0.4, -0.2) is 45.0 Å². The van der Waals surface area contributed by atoms with Gasteiger partial charge in [-0.2, -0.15) is 0 Å². The molecule has 0 saturated carbocycles. The van der Waals surface area contributed by atoms with Crippen LogP contribution in [0.15, 0.2) is 0 Å². The highest BCUT2D eigenvalue weighted by Crippen LogP contribution is 2.28. The first kappa shape index (κ1) is 12.1. The quantitative estimate of drug-likeness (QED) is 0.520. The lowest BCUT2D eigenvalue weighted by molar-refractivity contribution is -0.165. The van der Waals surface area contributed by atoms with Crippen LogP contribution in [0.4, 0.5) is 0 Å². The van der Waals surface area contributed by atoms with Crippen LogP contribution in [0.2, 0.25) is 0 Å². The van der Waals surface area contributed by atoms with E-state index in [1.165, 1.54) is 0 Å². The maximum Gasteiger partial charge on any atom is 0.151 e. The topological polar surface area (TPSA) is 44.8 Å². The van der Waals surface area contributed by atoms with Gasteiger partial charge in [0.15, 0.2) is 6.29 Å². The number of carbonyl (C=O) groups is 1. The number of carbonyl (C=O) groups excluding carboxylic acids is 1. The van der Waals surface area contributed by atoms with Gasteiger partial charge in [0, 0.05) is 21.8 Å². The zero-order valence-electron chi connectivity index (χ0n) is 8.73. The van der Waals surface area contributed by atoms with E-state index in [0.717, 1.165) is 6.29 Å². The van der Waals surface area contributed by atoms with E-state index < -0.39 is 6.10 Å². The lowest BCUT2D eigenvalue weighted by Crippen LogP contribution is -2.51. The van der Waals surface area contributed by atoms with Crippen molar-refractivity contribution < 1.29 is 18.8 Å². The molecule has 0 N–H and O–H groups in total. The van der Waals surface area contributed by atoms with E-state index in [2.05, 4.69) is 0 Å². The first-order chi connectivity index (χ1) is 6.74. The van der Waals surface area contributed by atoms with Gasteiger partial charge in [-0.3, -0.25) is 0 Å². The predicted molar refractivity (Wildman–Crippen MR) is 54.9 cm³/mol. The Kier molecular flexibility index (Phi) is 4.96. The van der Waals surface area contributed by atoms with Crippen molar-refractivity contribution in [1.82, 2.24) is 0 Å². The third kappa shape index (κ3) is 2.51. The van der Waals surface area contributed by atoms with Crippen molar-refractivity contribution >= 4 is 15.1 Å². The van der Waals surface area contributed by atoms with Crippen LogP contribution < -0.4 is 0 Å². The molecule has 5 heteroatoms. The van der Waals surface area contributed by atoms with Crippen LogP contribution in [0.1, 0.15) is 6.92 Å². The molecule has 82 valence electrons. The molecule has 0 radical (unpaired) electrons. The minimum absolute atomic E-state index is 0.0349. The zero-order chi connectivity index (χ0) is 10.6. The maximum absolute atomic E-state index is 10.7. The van der Waals surface area contributed by atoms with E-state index >= 15 is 0 Å². The molecule has 1 fully saturated rings. The summed E-state index contributed by atoms with van der Waals surface area (Å²) in [5.74, 6) is 0.267. The average molecular weight is 220 g/mol. The second-order valence-electron chi connectivity index (χ2n) is 3.40. The minimum Gasteiger partial charge on any atom is -0.376 e. The highest BCUT2D eigenvalue weighted by Gasteiger charge is 2.39. The summed E-state index contributed by atoms with van der Waals surface area (Å²) in [4.78, 5) is 10.7. The molecule has 0 aromatic heterocycles. The lowest BCUT2D eigenvalue weighted by Gasteiger charge is -2.38. The Hall–Kier alpha value is -0.0200. The molecular weight excluding hydrogens is 203 g/mol. The summed E-state index contributed by atoms with van der Waals surface area (Å²) in [7, 11) is 1.98. The molecule has 0 aromatic carbocycles. The number of hydrogen-bond donors (Lipinski definition) is 0. The molecule has 1 heterocycles. The fourth-order valence-corrected chi connectivity index (χ4v) is 2.31. The van der Waals surface area contributed by atoms with Gasteiger partial charge in [0.05, 0.1) is 12.7 Å². The fraction of sp³-hybridized carbons (Fsp3) is 0.889. The van der Waals surface area contributed by atoms with Crippen LogP contribution >= 0.6 is 8.81 Å². The molecule has 0 aromatic rings. The standard InChI is InChI=1S/C9H17O4P/c1-6-5-12-7(4-10)9(11-2)8(6)13-14-3/h4,6-9,14H,5H2,1-3H3. The molecule has 4 nitrogen and oxygen atoms in total. The van der Waals surface area contributed by atoms with Crippen LogP contribution in [0.3, 0.4) is 0 Å². The maximum atomic E-state index is 10.7. The third-order valence-corrected chi connectivity index (χ3v) is 2.93. The zero-order valence-corrected chi connectivity index (χ0v) is 9.73. The molecule has 5 unspecified atom stereocenters. The van der Waals surface area contributed by atoms with Gasteiger partial charge in [-0.1, -0.05) is 6.92 Å². The molecule has 0 bridgehead atoms. The molecular formula is C9H17O4P. The van der Waals surface area contributed by atoms with E-state index in [9.17, 15) is 4.79 Å². The molecule has 1 saturated heterocycles. The van der Waals surface area contributed by atoms with Gasteiger partial charge < -0.3 is 18.8 Å². The van der Waals surface area contributed by atoms with E-state index in [-0.39, 0.29) is 18.1 Å². The number of hydrogen-bond acceptors (Lipinski definition) is 4. The van der Waals surface area contributed by atoms with Gasteiger partial charge >= 0.3 is 0 Å². The lowest BCUT2D eigenvalue weighted by atomic mass is 9.94. The molecule has 1 aliphatic rings. The van der Waals surface area contributed by atoms with Gasteiger partial charge in [-0.05, 0) is 6.66 Å². The van der Waals surface area contributed by atoms with Gasteiger partial charge in [-0.25, -0.2) is 0 Å². The van der Waals surface area contributed by atoms with Gasteiger partial charge in [0.1, 0.15) is 12.2 Å². The Morgan fingerprint density at radius 3 is 2.71 bits per heavy atom. The van der Waals surface area contributed by atoms with Crippen molar-refractivity contribution in [2.24, 2.45) is 5.92 Å². The summed E-state index contributed by atoms with van der Waals surface area (Å²) in [6.45, 7) is 4.56. The Morgan fingerprint density at radius 2 is 2.21 bits per heavy atom. The first-order valence-electron chi connectivity index (χ1n) is 4.66. The summed E-state index contributed by atoms with van der Waals surface area (Å²) in [6.07, 6.45) is -0.0108. The molecule has 1 aliphatic heterocycles. The van der Waals surface area contributed by atoms with E-state index in [1.54, 1.807) is 7.11 Å². The van der Waals surface area contributed by atoms with Gasteiger partial charge in [0.25, 0.3) is 0 Å². The second kappa shape index (κ2) is 5.76. The molecule has 0 amide bonds. The van der Waals surface area contributed by atoms with Crippen molar-refractivity contribution in [3.05, 3.63) is 0 Å². The predicted octanol–water partition coefficient (Wildman–Crippen LogP) is 0.844. The van der Waals surface area contributed by atoms with Crippen LogP contribution in [0.5, 0.6) is 0 Å². The smallest absolute Gasteiger partial charge is 0.151 e. The van der Waals surface area contributed by atoms with Gasteiger partial charge in [-0.15, -0.1) is 0 Å². The monoisotopic (exact) mass is 220 g/mol. The third-order valence-electron chi connectivity index (χ3n) is 2.42. The van der Waals surface area contributed by atoms with Crippen LogP contribution in [0, 0.1) is 5.92 Å². The molecule has 1 rings (SSSR count). The van der Waals surface area contributed by atoms with Crippen LogP contribution in [-0.2, 0) is 18.8 Å². The number of methoxy groups -OCH3 is 1. The van der Waals surface area contributed by atoms with Crippen LogP contribution in [0.25, 0.3) is 0 Å². The summed E-state index contributed by atoms with van der Waals surface area (Å²) in [5.41, 5.74) is 0. The van der Waals surface area contributed by atoms with E-state index in [1.807, 2.05) is 13.6 Å². The van der Waals surface area contributed by atoms with Crippen molar-refractivity contribution in [1.29, 1.82) is 0 Å². The molecule has 14 heavy (non-hydrogen) atoms. The molecule has 0 spiro atoms. The van der Waals surface area contributed by atoms with Crippen molar-refractivity contribution in [3.8, 4) is 0 Å². The number of aldehydes is 1. The summed E-state index contributed by atoms with van der Waals surface area (Å²) in [5, 5.41) is 0. The number of rotatable bonds is 4. The summed E-state index contributed by atoms with van der Waals surface area (Å²) < 4.78 is 16.2. The fourth-order valence-electron chi connectivity index (χ4n) is 1.67. The highest BCUT2D eigenvalue weighted by atomic mass is 31.1. The Balaban J connectivity index is 2.68. The normalized spacial score (nSPS) is 39.1. The first-order valence-corrected chi connectivity index (χ1v) is 6.07. The Morgan fingerprint density at radius 1 is 1.50 bits per heavy atom. The number of ether oxygens (including phenoxy) is 2. The van der Waals surface area contributed by atoms with E-state index in [4.69, 9.17) is 14.0 Å². The average Bonchev–Trinajstić information content (AvgIpc) is 2.21. The highest BCUT2D eigenvalue weighted by molar-refractivity contribution is 7.31. The summed E-state index contributed by atoms with van der Waals surface area (Å²) >= 11 is 0. The Labute approximate surface area is 86.2 Å².